The topological polar surface area (TPSA) is 75.4 Å². The summed E-state index contributed by atoms with van der Waals surface area (Å²) in [5.41, 5.74) is 2.76. The second-order valence-electron chi connectivity index (χ2n) is 4.54. The van der Waals surface area contributed by atoms with Crippen molar-refractivity contribution in [2.45, 2.75) is 13.3 Å². The van der Waals surface area contributed by atoms with Gasteiger partial charge in [0.25, 0.3) is 5.91 Å². The monoisotopic (exact) mass is 279 g/mol. The van der Waals surface area contributed by atoms with Crippen LogP contribution in [0.25, 0.3) is 0 Å². The van der Waals surface area contributed by atoms with Gasteiger partial charge in [0, 0.05) is 23.5 Å². The summed E-state index contributed by atoms with van der Waals surface area (Å²) in [6.45, 7) is 3.58. The molecule has 5 nitrogen and oxygen atoms in total. The van der Waals surface area contributed by atoms with E-state index in [0.29, 0.717) is 18.7 Å². The highest BCUT2D eigenvalue weighted by Crippen LogP contribution is 2.17. The number of aryl methyl sites for hydroxylation is 1. The van der Waals surface area contributed by atoms with Gasteiger partial charge in [-0.15, -0.1) is 11.3 Å². The molecule has 0 aliphatic carbocycles. The van der Waals surface area contributed by atoms with Gasteiger partial charge >= 0.3 is 0 Å². The molecular weight excluding hydrogens is 262 g/mol. The van der Waals surface area contributed by atoms with Crippen LogP contribution in [-0.4, -0.2) is 36.2 Å². The minimum Gasteiger partial charge on any atom is -0.292 e. The van der Waals surface area contributed by atoms with Gasteiger partial charge in [0.1, 0.15) is 0 Å². The number of hydrogen-bond acceptors (Lipinski definition) is 5. The highest BCUT2D eigenvalue weighted by molar-refractivity contribution is 7.14. The molecule has 3 N–H and O–H groups in total. The van der Waals surface area contributed by atoms with Gasteiger partial charge in [-0.2, -0.15) is 0 Å². The molecule has 0 unspecified atom stereocenters. The molecule has 6 heteroatoms. The van der Waals surface area contributed by atoms with Crippen LogP contribution in [0.3, 0.4) is 0 Å². The first kappa shape index (κ1) is 13.9. The van der Waals surface area contributed by atoms with E-state index in [1.54, 1.807) is 0 Å². The number of amides is 1. The van der Waals surface area contributed by atoms with Gasteiger partial charge in [-0.1, -0.05) is 6.08 Å². The molecule has 0 fully saturated rings. The Bertz CT molecular complexity index is 522. The van der Waals surface area contributed by atoms with Crippen LogP contribution in [-0.2, 0) is 4.79 Å². The highest BCUT2D eigenvalue weighted by atomic mass is 32.1. The standard InChI is InChI=1S/C13H17N3O2S/c1-9-4-5-12(19-9)11(17)8-16-6-2-3-10(7-16)13(18)15-14/h3-5H,2,6-8,14H2,1H3,(H,15,18). The number of carbonyl (C=O) groups is 2. The number of ketones is 1. The van der Waals surface area contributed by atoms with Crippen molar-refractivity contribution in [2.75, 3.05) is 19.6 Å². The SMILES string of the molecule is Cc1ccc(C(=O)CN2CCC=C(C(=O)NN)C2)s1. The molecule has 0 saturated carbocycles. The van der Waals surface area contributed by atoms with Gasteiger partial charge in [-0.25, -0.2) is 5.84 Å². The normalized spacial score (nSPS) is 16.0. The third-order valence-electron chi connectivity index (χ3n) is 3.04. The summed E-state index contributed by atoms with van der Waals surface area (Å²) in [5, 5.41) is 0. The summed E-state index contributed by atoms with van der Waals surface area (Å²) >= 11 is 1.51. The van der Waals surface area contributed by atoms with E-state index in [-0.39, 0.29) is 11.7 Å². The fourth-order valence-corrected chi connectivity index (χ4v) is 2.86. The van der Waals surface area contributed by atoms with Crippen LogP contribution in [0, 0.1) is 6.92 Å². The van der Waals surface area contributed by atoms with Crippen molar-refractivity contribution in [1.29, 1.82) is 0 Å². The van der Waals surface area contributed by atoms with Crippen molar-refractivity contribution in [2.24, 2.45) is 5.84 Å². The highest BCUT2D eigenvalue weighted by Gasteiger charge is 2.20. The average molecular weight is 279 g/mol. The first-order valence-corrected chi connectivity index (χ1v) is 6.94. The van der Waals surface area contributed by atoms with E-state index in [1.165, 1.54) is 11.3 Å². The van der Waals surface area contributed by atoms with Crippen molar-refractivity contribution in [3.05, 3.63) is 33.5 Å². The first-order valence-electron chi connectivity index (χ1n) is 6.12. The maximum Gasteiger partial charge on any atom is 0.262 e. The largest absolute Gasteiger partial charge is 0.292 e. The Morgan fingerprint density at radius 1 is 1.47 bits per heavy atom. The van der Waals surface area contributed by atoms with Crippen molar-refractivity contribution in [3.8, 4) is 0 Å². The van der Waals surface area contributed by atoms with Crippen LogP contribution >= 0.6 is 11.3 Å². The Kier molecular flexibility index (Phi) is 4.47. The van der Waals surface area contributed by atoms with Crippen molar-refractivity contribution < 1.29 is 9.59 Å². The molecule has 19 heavy (non-hydrogen) atoms. The minimum atomic E-state index is -0.274. The van der Waals surface area contributed by atoms with Gasteiger partial charge in [0.2, 0.25) is 0 Å². The first-order chi connectivity index (χ1) is 9.10. The molecule has 1 aliphatic rings. The van der Waals surface area contributed by atoms with Gasteiger partial charge in [0.05, 0.1) is 11.4 Å². The summed E-state index contributed by atoms with van der Waals surface area (Å²) < 4.78 is 0. The van der Waals surface area contributed by atoms with Crippen molar-refractivity contribution in [3.63, 3.8) is 0 Å². The maximum absolute atomic E-state index is 12.1. The number of carbonyl (C=O) groups excluding carboxylic acids is 2. The van der Waals surface area contributed by atoms with Crippen LogP contribution in [0.15, 0.2) is 23.8 Å². The molecule has 0 bridgehead atoms. The summed E-state index contributed by atoms with van der Waals surface area (Å²) in [6, 6.07) is 3.80. The zero-order valence-corrected chi connectivity index (χ0v) is 11.6. The zero-order chi connectivity index (χ0) is 13.8. The number of rotatable bonds is 4. The Morgan fingerprint density at radius 2 is 2.26 bits per heavy atom. The number of hydrazine groups is 1. The van der Waals surface area contributed by atoms with Crippen molar-refractivity contribution in [1.82, 2.24) is 10.3 Å². The molecule has 0 aromatic carbocycles. The Labute approximate surface area is 116 Å². The smallest absolute Gasteiger partial charge is 0.262 e. The number of Topliss-reactive ketones (excluding diaryl/α,β-unsaturated/α-hetero) is 1. The predicted molar refractivity (Wildman–Crippen MR) is 74.9 cm³/mol. The molecule has 0 saturated heterocycles. The number of nitrogens with two attached hydrogens (primary N) is 1. The Morgan fingerprint density at radius 3 is 2.89 bits per heavy atom. The predicted octanol–water partition coefficient (Wildman–Crippen LogP) is 0.861. The number of nitrogens with one attached hydrogen (secondary N) is 1. The van der Waals surface area contributed by atoms with E-state index >= 15 is 0 Å². The zero-order valence-electron chi connectivity index (χ0n) is 10.8. The summed E-state index contributed by atoms with van der Waals surface area (Å²) in [7, 11) is 0. The summed E-state index contributed by atoms with van der Waals surface area (Å²) in [6.07, 6.45) is 2.64. The molecule has 2 rings (SSSR count). The van der Waals surface area contributed by atoms with Crippen LogP contribution in [0.1, 0.15) is 21.0 Å². The van der Waals surface area contributed by atoms with Crippen LogP contribution < -0.4 is 11.3 Å². The molecule has 1 aromatic heterocycles. The lowest BCUT2D eigenvalue weighted by Crippen LogP contribution is -2.40. The Hall–Kier alpha value is -1.50. The molecule has 1 aromatic rings. The lowest BCUT2D eigenvalue weighted by molar-refractivity contribution is -0.117. The van der Waals surface area contributed by atoms with Gasteiger partial charge in [0.15, 0.2) is 5.78 Å². The molecule has 0 spiro atoms. The number of nitrogens with zero attached hydrogens (tertiary/aromatic N) is 1. The fraction of sp³-hybridized carbons (Fsp3) is 0.385. The van der Waals surface area contributed by atoms with E-state index in [9.17, 15) is 9.59 Å². The van der Waals surface area contributed by atoms with E-state index in [1.807, 2.05) is 30.0 Å². The van der Waals surface area contributed by atoms with Crippen LogP contribution in [0.5, 0.6) is 0 Å². The van der Waals surface area contributed by atoms with E-state index in [0.717, 1.165) is 22.7 Å². The molecule has 0 atom stereocenters. The second kappa shape index (κ2) is 6.10. The van der Waals surface area contributed by atoms with Crippen LogP contribution in [0.4, 0.5) is 0 Å². The lowest BCUT2D eigenvalue weighted by atomic mass is 10.1. The fourth-order valence-electron chi connectivity index (χ4n) is 2.06. The van der Waals surface area contributed by atoms with Crippen LogP contribution in [0.2, 0.25) is 0 Å². The van der Waals surface area contributed by atoms with E-state index in [4.69, 9.17) is 5.84 Å². The van der Waals surface area contributed by atoms with Crippen molar-refractivity contribution >= 4 is 23.0 Å². The molecule has 2 heterocycles. The number of thiophene rings is 1. The number of hydrogen-bond donors (Lipinski definition) is 2. The van der Waals surface area contributed by atoms with Gasteiger partial charge in [-0.3, -0.25) is 19.9 Å². The molecule has 0 radical (unpaired) electrons. The molecule has 1 aliphatic heterocycles. The third-order valence-corrected chi connectivity index (χ3v) is 4.08. The van der Waals surface area contributed by atoms with Gasteiger partial charge in [-0.05, 0) is 25.5 Å². The quantitative estimate of drug-likeness (QED) is 0.371. The van der Waals surface area contributed by atoms with Gasteiger partial charge < -0.3 is 0 Å². The third kappa shape index (κ3) is 3.50. The second-order valence-corrected chi connectivity index (χ2v) is 5.82. The Balaban J connectivity index is 1.95. The van der Waals surface area contributed by atoms with E-state index in [2.05, 4.69) is 5.43 Å². The maximum atomic E-state index is 12.1. The minimum absolute atomic E-state index is 0.104. The summed E-state index contributed by atoms with van der Waals surface area (Å²) in [4.78, 5) is 27.4. The summed E-state index contributed by atoms with van der Waals surface area (Å²) in [5.74, 6) is 4.95. The molecular formula is C13H17N3O2S. The van der Waals surface area contributed by atoms with E-state index < -0.39 is 0 Å². The average Bonchev–Trinajstić information content (AvgIpc) is 2.85. The lowest BCUT2D eigenvalue weighted by Gasteiger charge is -2.25. The molecule has 1 amide bonds. The molecule has 102 valence electrons.